The van der Waals surface area contributed by atoms with Crippen LogP contribution in [0, 0.1) is 5.41 Å². The van der Waals surface area contributed by atoms with Gasteiger partial charge in [-0.2, -0.15) is 0 Å². The lowest BCUT2D eigenvalue weighted by atomic mass is 9.67. The summed E-state index contributed by atoms with van der Waals surface area (Å²) in [6.45, 7) is 2.07. The van der Waals surface area contributed by atoms with Crippen molar-refractivity contribution < 1.29 is 9.21 Å². The number of fused-ring (bicyclic) bond motifs is 1. The molecule has 1 amide bonds. The SMILES string of the molecule is CN1C(=N)C[C@](C)(c2cc(-c3cnc(Cl)nc3)cs2)[C@H](c2ccc3occc3c2)C1=O. The molecule has 4 aromatic rings. The predicted molar refractivity (Wildman–Crippen MR) is 122 cm³/mol. The van der Waals surface area contributed by atoms with Gasteiger partial charge >= 0.3 is 0 Å². The number of carbonyl (C=O) groups is 1. The van der Waals surface area contributed by atoms with Crippen LogP contribution in [0.25, 0.3) is 22.1 Å². The maximum atomic E-state index is 13.4. The maximum Gasteiger partial charge on any atom is 0.236 e. The van der Waals surface area contributed by atoms with Gasteiger partial charge in [-0.25, -0.2) is 9.97 Å². The quantitative estimate of drug-likeness (QED) is 0.418. The molecule has 1 fully saturated rings. The average Bonchev–Trinajstić information content (AvgIpc) is 3.42. The molecule has 0 bridgehead atoms. The molecule has 0 unspecified atom stereocenters. The van der Waals surface area contributed by atoms with Crippen LogP contribution in [-0.4, -0.2) is 33.7 Å². The molecule has 6 nitrogen and oxygen atoms in total. The average molecular weight is 451 g/mol. The predicted octanol–water partition coefficient (Wildman–Crippen LogP) is 5.49. The fourth-order valence-corrected chi connectivity index (χ4v) is 5.53. The van der Waals surface area contributed by atoms with Gasteiger partial charge in [0, 0.05) is 47.1 Å². The molecule has 0 saturated carbocycles. The third-order valence-electron chi connectivity index (χ3n) is 6.08. The van der Waals surface area contributed by atoms with Gasteiger partial charge in [0.1, 0.15) is 11.4 Å². The van der Waals surface area contributed by atoms with Crippen molar-refractivity contribution >= 4 is 45.6 Å². The van der Waals surface area contributed by atoms with E-state index in [1.54, 1.807) is 37.0 Å². The van der Waals surface area contributed by atoms with E-state index in [0.717, 1.165) is 32.5 Å². The van der Waals surface area contributed by atoms with Gasteiger partial charge in [-0.3, -0.25) is 10.2 Å². The largest absolute Gasteiger partial charge is 0.464 e. The summed E-state index contributed by atoms with van der Waals surface area (Å²) in [5, 5.41) is 11.6. The van der Waals surface area contributed by atoms with Gasteiger partial charge in [0.15, 0.2) is 0 Å². The van der Waals surface area contributed by atoms with E-state index >= 15 is 0 Å². The zero-order valence-electron chi connectivity index (χ0n) is 16.9. The van der Waals surface area contributed by atoms with Crippen molar-refractivity contribution in [2.24, 2.45) is 0 Å². The van der Waals surface area contributed by atoms with Gasteiger partial charge in [0.05, 0.1) is 12.2 Å². The van der Waals surface area contributed by atoms with Crippen LogP contribution in [0.4, 0.5) is 0 Å². The second-order valence-electron chi connectivity index (χ2n) is 8.03. The highest BCUT2D eigenvalue weighted by molar-refractivity contribution is 7.10. The molecule has 0 aliphatic carbocycles. The van der Waals surface area contributed by atoms with Gasteiger partial charge in [0.25, 0.3) is 0 Å². The molecule has 3 aromatic heterocycles. The number of aromatic nitrogens is 2. The Balaban J connectivity index is 1.62. The summed E-state index contributed by atoms with van der Waals surface area (Å²) in [7, 11) is 1.68. The van der Waals surface area contributed by atoms with Crippen LogP contribution in [0.15, 0.2) is 58.8 Å². The summed E-state index contributed by atoms with van der Waals surface area (Å²) >= 11 is 7.41. The number of likely N-dealkylation sites (tertiary alicyclic amines) is 1. The van der Waals surface area contributed by atoms with Crippen LogP contribution in [-0.2, 0) is 10.2 Å². The van der Waals surface area contributed by atoms with E-state index in [0.29, 0.717) is 12.3 Å². The molecule has 0 radical (unpaired) electrons. The summed E-state index contributed by atoms with van der Waals surface area (Å²) < 4.78 is 5.47. The van der Waals surface area contributed by atoms with Gasteiger partial charge < -0.3 is 9.32 Å². The summed E-state index contributed by atoms with van der Waals surface area (Å²) in [4.78, 5) is 24.1. The Kier molecular flexibility index (Phi) is 4.68. The molecule has 1 aliphatic heterocycles. The second-order valence-corrected chi connectivity index (χ2v) is 9.28. The number of amides is 1. The number of hydrogen-bond acceptors (Lipinski definition) is 6. The number of piperidine rings is 1. The van der Waals surface area contributed by atoms with Crippen LogP contribution >= 0.6 is 22.9 Å². The van der Waals surface area contributed by atoms with E-state index in [-0.39, 0.29) is 11.2 Å². The van der Waals surface area contributed by atoms with Crippen molar-refractivity contribution in [2.45, 2.75) is 24.7 Å². The second kappa shape index (κ2) is 7.28. The summed E-state index contributed by atoms with van der Waals surface area (Å²) in [6.07, 6.45) is 5.49. The van der Waals surface area contributed by atoms with Gasteiger partial charge in [-0.05, 0) is 52.4 Å². The summed E-state index contributed by atoms with van der Waals surface area (Å²) in [6, 6.07) is 9.86. The van der Waals surface area contributed by atoms with Gasteiger partial charge in [-0.1, -0.05) is 13.0 Å². The van der Waals surface area contributed by atoms with Crippen molar-refractivity contribution in [2.75, 3.05) is 7.05 Å². The molecule has 5 rings (SSSR count). The third kappa shape index (κ3) is 3.25. The molecular weight excluding hydrogens is 432 g/mol. The molecule has 0 spiro atoms. The standard InChI is InChI=1S/C23H19ClN4O2S/c1-23(18-8-15(12-31-18)16-10-26-22(24)27-11-16)9-19(25)28(2)21(29)20(23)14-3-4-17-13(7-14)5-6-30-17/h3-8,10-12,20,25H,9H2,1-2H3/t20-,23-/m1/s1. The molecular formula is C23H19ClN4O2S. The first-order chi connectivity index (χ1) is 14.9. The number of thiophene rings is 1. The lowest BCUT2D eigenvalue weighted by molar-refractivity contribution is -0.131. The number of furan rings is 1. The molecule has 1 aliphatic rings. The number of nitrogens with one attached hydrogen (secondary N) is 1. The number of rotatable bonds is 3. The van der Waals surface area contributed by atoms with E-state index in [4.69, 9.17) is 21.4 Å². The van der Waals surface area contributed by atoms with Crippen LogP contribution < -0.4 is 0 Å². The molecule has 1 N–H and O–H groups in total. The molecule has 8 heteroatoms. The summed E-state index contributed by atoms with van der Waals surface area (Å²) in [5.74, 6) is -0.178. The Labute approximate surface area is 188 Å². The normalized spacial score (nSPS) is 21.8. The lowest BCUT2D eigenvalue weighted by Crippen LogP contribution is -2.51. The van der Waals surface area contributed by atoms with Gasteiger partial charge in [0.2, 0.25) is 11.2 Å². The number of hydrogen-bond donors (Lipinski definition) is 1. The molecule has 2 atom stereocenters. The van der Waals surface area contributed by atoms with Crippen LogP contribution in [0.3, 0.4) is 0 Å². The van der Waals surface area contributed by atoms with E-state index in [2.05, 4.69) is 23.0 Å². The van der Waals surface area contributed by atoms with Crippen molar-refractivity contribution in [1.29, 1.82) is 5.41 Å². The first kappa shape index (κ1) is 19.9. The fourth-order valence-electron chi connectivity index (χ4n) is 4.32. The molecule has 31 heavy (non-hydrogen) atoms. The minimum atomic E-state index is -0.561. The highest BCUT2D eigenvalue weighted by Crippen LogP contribution is 2.49. The van der Waals surface area contributed by atoms with Crippen LogP contribution in [0.1, 0.15) is 29.7 Å². The number of carbonyl (C=O) groups excluding carboxylic acids is 1. The molecule has 4 heterocycles. The zero-order chi connectivity index (χ0) is 21.8. The van der Waals surface area contributed by atoms with Crippen molar-refractivity contribution in [3.8, 4) is 11.1 Å². The minimum Gasteiger partial charge on any atom is -0.464 e. The van der Waals surface area contributed by atoms with Crippen LogP contribution in [0.5, 0.6) is 0 Å². The third-order valence-corrected chi connectivity index (χ3v) is 7.49. The number of halogens is 1. The molecule has 156 valence electrons. The number of amidine groups is 1. The van der Waals surface area contributed by atoms with E-state index in [1.807, 2.05) is 29.6 Å². The highest BCUT2D eigenvalue weighted by Gasteiger charge is 2.49. The van der Waals surface area contributed by atoms with Crippen molar-refractivity contribution in [3.63, 3.8) is 0 Å². The monoisotopic (exact) mass is 450 g/mol. The Bertz CT molecular complexity index is 1310. The highest BCUT2D eigenvalue weighted by atomic mass is 35.5. The Morgan fingerprint density at radius 2 is 2.00 bits per heavy atom. The lowest BCUT2D eigenvalue weighted by Gasteiger charge is -2.44. The fraction of sp³-hybridized carbons (Fsp3) is 0.217. The number of benzene rings is 1. The first-order valence-corrected chi connectivity index (χ1v) is 11.0. The number of nitrogens with zero attached hydrogens (tertiary/aromatic N) is 3. The molecule has 1 aromatic carbocycles. The summed E-state index contributed by atoms with van der Waals surface area (Å²) in [5.41, 5.74) is 2.98. The van der Waals surface area contributed by atoms with Gasteiger partial charge in [-0.15, -0.1) is 11.3 Å². The zero-order valence-corrected chi connectivity index (χ0v) is 18.5. The maximum absolute atomic E-state index is 13.4. The Morgan fingerprint density at radius 3 is 2.77 bits per heavy atom. The smallest absolute Gasteiger partial charge is 0.236 e. The number of likely N-dealkylation sites (N-methyl/N-ethyl adjacent to an activating group) is 1. The van der Waals surface area contributed by atoms with E-state index < -0.39 is 11.3 Å². The van der Waals surface area contributed by atoms with Crippen molar-refractivity contribution in [3.05, 3.63) is 70.1 Å². The van der Waals surface area contributed by atoms with E-state index in [1.165, 1.54) is 4.90 Å². The minimum absolute atomic E-state index is 0.0774. The van der Waals surface area contributed by atoms with Crippen LogP contribution in [0.2, 0.25) is 5.28 Å². The van der Waals surface area contributed by atoms with Crippen molar-refractivity contribution in [1.82, 2.24) is 14.9 Å². The Morgan fingerprint density at radius 1 is 1.23 bits per heavy atom. The first-order valence-electron chi connectivity index (χ1n) is 9.76. The van der Waals surface area contributed by atoms with E-state index in [9.17, 15) is 4.79 Å². The Hall–Kier alpha value is -3.03. The molecule has 1 saturated heterocycles. The topological polar surface area (TPSA) is 83.1 Å².